The second-order valence-corrected chi connectivity index (χ2v) is 10.5. The molecule has 9 heteroatoms. The third-order valence-corrected chi connectivity index (χ3v) is 7.37. The van der Waals surface area contributed by atoms with E-state index in [1.165, 1.54) is 4.90 Å². The second-order valence-electron chi connectivity index (χ2n) is 7.40. The predicted octanol–water partition coefficient (Wildman–Crippen LogP) is 6.91. The van der Waals surface area contributed by atoms with E-state index in [2.05, 4.69) is 38.5 Å². The lowest BCUT2D eigenvalue weighted by molar-refractivity contribution is -0.123. The molecule has 2 amide bonds. The monoisotopic (exact) mass is 663 g/mol. The predicted molar refractivity (Wildman–Crippen MR) is 147 cm³/mol. The number of ether oxygens (including phenoxy) is 2. The molecule has 0 spiro atoms. The molecule has 0 atom stereocenters. The van der Waals surface area contributed by atoms with Crippen LogP contribution in [0, 0.1) is 3.57 Å². The molecule has 0 unspecified atom stereocenters. The number of carbonyl (C=O) groups is 3. The van der Waals surface area contributed by atoms with E-state index in [-0.39, 0.29) is 23.4 Å². The van der Waals surface area contributed by atoms with Gasteiger partial charge in [0.05, 0.1) is 23.6 Å². The first kappa shape index (κ1) is 25.5. The molecule has 35 heavy (non-hydrogen) atoms. The van der Waals surface area contributed by atoms with E-state index in [1.54, 1.807) is 36.4 Å². The summed E-state index contributed by atoms with van der Waals surface area (Å²) in [5, 5.41) is -0.322. The topological polar surface area (TPSA) is 72.9 Å². The Labute approximate surface area is 228 Å². The third-order valence-electron chi connectivity index (χ3n) is 4.99. The molecule has 0 aliphatic carbocycles. The molecule has 6 nitrogen and oxygen atoms in total. The molecule has 1 aliphatic heterocycles. The Hall–Kier alpha value is -2.63. The maximum absolute atomic E-state index is 12.9. The van der Waals surface area contributed by atoms with Crippen molar-refractivity contribution in [2.45, 2.75) is 13.5 Å². The normalized spacial score (nSPS) is 14.5. The Balaban J connectivity index is 1.54. The summed E-state index contributed by atoms with van der Waals surface area (Å²) in [5.74, 6) is -0.195. The van der Waals surface area contributed by atoms with E-state index in [0.717, 1.165) is 25.4 Å². The lowest BCUT2D eigenvalue weighted by atomic mass is 10.1. The quantitative estimate of drug-likeness (QED) is 0.118. The largest absolute Gasteiger partial charge is 0.490 e. The van der Waals surface area contributed by atoms with E-state index in [1.807, 2.05) is 43.3 Å². The SMILES string of the molecule is CCOc1cc(/C=C2\SC(=O)N(Cc3ccc(Br)cc3)C2=O)ccc1OC(=O)c1ccccc1I. The van der Waals surface area contributed by atoms with Crippen LogP contribution in [0.2, 0.25) is 0 Å². The molecule has 1 fully saturated rings. The first-order valence-corrected chi connectivity index (χ1v) is 13.3. The molecule has 3 aromatic rings. The van der Waals surface area contributed by atoms with Crippen LogP contribution in [0.15, 0.2) is 76.1 Å². The van der Waals surface area contributed by atoms with Gasteiger partial charge >= 0.3 is 5.97 Å². The molecule has 0 saturated carbocycles. The highest BCUT2D eigenvalue weighted by Crippen LogP contribution is 2.36. The molecular formula is C26H19BrINO5S. The lowest BCUT2D eigenvalue weighted by Crippen LogP contribution is -2.27. The number of imide groups is 1. The highest BCUT2D eigenvalue weighted by Gasteiger charge is 2.35. The Kier molecular flexibility index (Phi) is 8.30. The van der Waals surface area contributed by atoms with Crippen LogP contribution in [0.25, 0.3) is 6.08 Å². The van der Waals surface area contributed by atoms with Gasteiger partial charge in [0.1, 0.15) is 0 Å². The Morgan fingerprint density at radius 3 is 2.51 bits per heavy atom. The smallest absolute Gasteiger partial charge is 0.344 e. The summed E-state index contributed by atoms with van der Waals surface area (Å²) in [7, 11) is 0. The van der Waals surface area contributed by atoms with Gasteiger partial charge in [0.2, 0.25) is 0 Å². The first-order valence-electron chi connectivity index (χ1n) is 10.6. The van der Waals surface area contributed by atoms with E-state index >= 15 is 0 Å². The van der Waals surface area contributed by atoms with E-state index in [9.17, 15) is 14.4 Å². The van der Waals surface area contributed by atoms with Gasteiger partial charge in [-0.05, 0) is 94.9 Å². The number of hydrogen-bond acceptors (Lipinski definition) is 6. The molecule has 1 aliphatic rings. The number of hydrogen-bond donors (Lipinski definition) is 0. The van der Waals surface area contributed by atoms with E-state index in [4.69, 9.17) is 9.47 Å². The fourth-order valence-corrected chi connectivity index (χ4v) is 5.02. The van der Waals surface area contributed by atoms with Crippen LogP contribution in [0.3, 0.4) is 0 Å². The van der Waals surface area contributed by atoms with Crippen molar-refractivity contribution in [3.63, 3.8) is 0 Å². The standard InChI is InChI=1S/C26H19BrINO5S/c1-2-33-22-13-17(9-12-21(22)34-25(31)19-5-3-4-6-20(19)28)14-23-24(30)29(26(32)35-23)15-16-7-10-18(27)11-8-16/h3-14H,2,15H2,1H3/b23-14-. The number of esters is 1. The molecule has 1 heterocycles. The minimum absolute atomic E-state index is 0.201. The molecule has 0 radical (unpaired) electrons. The fraction of sp³-hybridized carbons (Fsp3) is 0.115. The van der Waals surface area contributed by atoms with E-state index in [0.29, 0.717) is 28.4 Å². The summed E-state index contributed by atoms with van der Waals surface area (Å²) in [5.41, 5.74) is 1.96. The maximum atomic E-state index is 12.9. The third kappa shape index (κ3) is 6.14. The van der Waals surface area contributed by atoms with Crippen LogP contribution in [0.5, 0.6) is 11.5 Å². The Morgan fingerprint density at radius 1 is 1.06 bits per heavy atom. The van der Waals surface area contributed by atoms with Gasteiger partial charge in [0, 0.05) is 8.04 Å². The second kappa shape index (κ2) is 11.4. The molecule has 4 rings (SSSR count). The zero-order valence-electron chi connectivity index (χ0n) is 18.5. The average molecular weight is 664 g/mol. The average Bonchev–Trinajstić information content (AvgIpc) is 3.09. The first-order chi connectivity index (χ1) is 16.9. The van der Waals surface area contributed by atoms with Crippen LogP contribution in [0.4, 0.5) is 4.79 Å². The molecule has 1 saturated heterocycles. The number of rotatable bonds is 7. The summed E-state index contributed by atoms with van der Waals surface area (Å²) >= 11 is 6.36. The van der Waals surface area contributed by atoms with Crippen LogP contribution in [-0.2, 0) is 11.3 Å². The number of carbonyl (C=O) groups excluding carboxylic acids is 3. The molecular weight excluding hydrogens is 645 g/mol. The number of halogens is 2. The summed E-state index contributed by atoms with van der Waals surface area (Å²) in [4.78, 5) is 39.6. The minimum Gasteiger partial charge on any atom is -0.490 e. The molecule has 178 valence electrons. The Bertz CT molecular complexity index is 1330. The van der Waals surface area contributed by atoms with Crippen LogP contribution in [0.1, 0.15) is 28.4 Å². The van der Waals surface area contributed by atoms with Gasteiger partial charge in [0.15, 0.2) is 11.5 Å². The van der Waals surface area contributed by atoms with Gasteiger partial charge < -0.3 is 9.47 Å². The maximum Gasteiger partial charge on any atom is 0.344 e. The van der Waals surface area contributed by atoms with Crippen LogP contribution >= 0.6 is 50.3 Å². The number of thioether (sulfide) groups is 1. The number of nitrogens with zero attached hydrogens (tertiary/aromatic N) is 1. The Morgan fingerprint density at radius 2 is 1.80 bits per heavy atom. The van der Waals surface area contributed by atoms with Gasteiger partial charge in [-0.1, -0.05) is 46.3 Å². The zero-order valence-corrected chi connectivity index (χ0v) is 23.1. The summed E-state index contributed by atoms with van der Waals surface area (Å²) < 4.78 is 13.0. The van der Waals surface area contributed by atoms with Crippen molar-refractivity contribution in [1.82, 2.24) is 4.90 Å². The molecule has 3 aromatic carbocycles. The summed E-state index contributed by atoms with van der Waals surface area (Å²) in [6, 6.07) is 19.6. The summed E-state index contributed by atoms with van der Waals surface area (Å²) in [6.45, 7) is 2.39. The van der Waals surface area contributed by atoms with Crippen molar-refractivity contribution < 1.29 is 23.9 Å². The van der Waals surface area contributed by atoms with Crippen molar-refractivity contribution in [3.05, 3.63) is 96.4 Å². The van der Waals surface area contributed by atoms with Crippen molar-refractivity contribution in [1.29, 1.82) is 0 Å². The summed E-state index contributed by atoms with van der Waals surface area (Å²) in [6.07, 6.45) is 1.64. The van der Waals surface area contributed by atoms with Gasteiger partial charge in [-0.15, -0.1) is 0 Å². The minimum atomic E-state index is -0.488. The van der Waals surface area contributed by atoms with Gasteiger partial charge in [0.25, 0.3) is 11.1 Å². The highest BCUT2D eigenvalue weighted by molar-refractivity contribution is 14.1. The van der Waals surface area contributed by atoms with Gasteiger partial charge in [-0.2, -0.15) is 0 Å². The lowest BCUT2D eigenvalue weighted by Gasteiger charge is -2.13. The van der Waals surface area contributed by atoms with Gasteiger partial charge in [-0.3, -0.25) is 14.5 Å². The van der Waals surface area contributed by atoms with Crippen molar-refractivity contribution in [2.75, 3.05) is 6.61 Å². The van der Waals surface area contributed by atoms with Crippen molar-refractivity contribution >= 4 is 73.5 Å². The number of benzene rings is 3. The van der Waals surface area contributed by atoms with Crippen molar-refractivity contribution in [2.24, 2.45) is 0 Å². The van der Waals surface area contributed by atoms with E-state index < -0.39 is 5.97 Å². The van der Waals surface area contributed by atoms with Crippen LogP contribution < -0.4 is 9.47 Å². The number of amides is 2. The molecule has 0 bridgehead atoms. The van der Waals surface area contributed by atoms with Gasteiger partial charge in [-0.25, -0.2) is 4.79 Å². The molecule has 0 aromatic heterocycles. The fourth-order valence-electron chi connectivity index (χ4n) is 3.31. The molecule has 0 N–H and O–H groups in total. The highest BCUT2D eigenvalue weighted by atomic mass is 127. The van der Waals surface area contributed by atoms with Crippen LogP contribution in [-0.4, -0.2) is 28.6 Å². The van der Waals surface area contributed by atoms with Crippen molar-refractivity contribution in [3.8, 4) is 11.5 Å². The zero-order chi connectivity index (χ0) is 24.9.